The van der Waals surface area contributed by atoms with Crippen LogP contribution in [0.1, 0.15) is 11.7 Å². The Hall–Kier alpha value is -1.99. The summed E-state index contributed by atoms with van der Waals surface area (Å²) >= 11 is 0. The summed E-state index contributed by atoms with van der Waals surface area (Å²) in [6, 6.07) is 1.46. The van der Waals surface area contributed by atoms with E-state index in [1.807, 2.05) is 0 Å². The smallest absolute Gasteiger partial charge is 0.323 e. The summed E-state index contributed by atoms with van der Waals surface area (Å²) in [5.74, 6) is -0.305. The van der Waals surface area contributed by atoms with Gasteiger partial charge in [-0.2, -0.15) is 0 Å². The molecular formula is C12H17NO6. The van der Waals surface area contributed by atoms with Crippen molar-refractivity contribution in [3.05, 3.63) is 17.7 Å². The second-order valence-corrected chi connectivity index (χ2v) is 3.76. The predicted molar refractivity (Wildman–Crippen MR) is 66.7 cm³/mol. The number of ether oxygens (including phenoxy) is 3. The molecule has 2 unspecified atom stereocenters. The minimum absolute atomic E-state index is 0.218. The zero-order valence-electron chi connectivity index (χ0n) is 10.9. The molecule has 0 bridgehead atoms. The molecule has 1 aromatic carbocycles. The normalized spacial score (nSPS) is 13.5. The summed E-state index contributed by atoms with van der Waals surface area (Å²) in [5.41, 5.74) is 5.62. The highest BCUT2D eigenvalue weighted by Crippen LogP contribution is 2.38. The number of aliphatic hydroxyl groups is 1. The fourth-order valence-corrected chi connectivity index (χ4v) is 1.61. The van der Waals surface area contributed by atoms with Crippen LogP contribution < -0.4 is 19.9 Å². The van der Waals surface area contributed by atoms with Crippen LogP contribution in [0.2, 0.25) is 0 Å². The zero-order valence-corrected chi connectivity index (χ0v) is 10.9. The molecule has 0 radical (unpaired) electrons. The number of benzene rings is 1. The maximum atomic E-state index is 10.8. The second-order valence-electron chi connectivity index (χ2n) is 3.76. The van der Waals surface area contributed by atoms with Crippen molar-refractivity contribution in [2.75, 3.05) is 21.3 Å². The van der Waals surface area contributed by atoms with Gasteiger partial charge in [-0.05, 0) is 6.07 Å². The maximum absolute atomic E-state index is 10.8. The third kappa shape index (κ3) is 3.07. The molecule has 0 saturated heterocycles. The first-order valence-electron chi connectivity index (χ1n) is 5.42. The monoisotopic (exact) mass is 271 g/mol. The van der Waals surface area contributed by atoms with Gasteiger partial charge in [0.25, 0.3) is 0 Å². The second kappa shape index (κ2) is 6.26. The summed E-state index contributed by atoms with van der Waals surface area (Å²) in [5, 5.41) is 18.8. The molecule has 106 valence electrons. The van der Waals surface area contributed by atoms with Crippen LogP contribution in [0, 0.1) is 0 Å². The van der Waals surface area contributed by atoms with E-state index in [2.05, 4.69) is 0 Å². The molecule has 0 aliphatic carbocycles. The maximum Gasteiger partial charge on any atom is 0.323 e. The van der Waals surface area contributed by atoms with Gasteiger partial charge in [-0.3, -0.25) is 4.79 Å². The van der Waals surface area contributed by atoms with E-state index in [0.29, 0.717) is 11.5 Å². The van der Waals surface area contributed by atoms with Gasteiger partial charge in [-0.1, -0.05) is 0 Å². The lowest BCUT2D eigenvalue weighted by Gasteiger charge is -2.20. The highest BCUT2D eigenvalue weighted by atomic mass is 16.5. The fraction of sp³-hybridized carbons (Fsp3) is 0.417. The molecule has 0 aromatic heterocycles. The van der Waals surface area contributed by atoms with Crippen LogP contribution in [0.25, 0.3) is 0 Å². The van der Waals surface area contributed by atoms with E-state index in [4.69, 9.17) is 25.1 Å². The number of aliphatic hydroxyl groups excluding tert-OH is 1. The number of hydrogen-bond donors (Lipinski definition) is 3. The van der Waals surface area contributed by atoms with E-state index in [1.165, 1.54) is 33.5 Å². The van der Waals surface area contributed by atoms with Crippen molar-refractivity contribution in [2.45, 2.75) is 12.1 Å². The van der Waals surface area contributed by atoms with E-state index in [1.54, 1.807) is 0 Å². The van der Waals surface area contributed by atoms with Crippen LogP contribution in [-0.4, -0.2) is 43.6 Å². The topological polar surface area (TPSA) is 111 Å². The van der Waals surface area contributed by atoms with Gasteiger partial charge in [0.05, 0.1) is 21.3 Å². The number of nitrogens with two attached hydrogens (primary N) is 1. The van der Waals surface area contributed by atoms with Crippen molar-refractivity contribution < 1.29 is 29.2 Å². The number of rotatable bonds is 6. The Labute approximate surface area is 110 Å². The molecule has 2 atom stereocenters. The van der Waals surface area contributed by atoms with E-state index >= 15 is 0 Å². The first kappa shape index (κ1) is 15.1. The van der Waals surface area contributed by atoms with Crippen LogP contribution in [-0.2, 0) is 4.79 Å². The number of aliphatic carboxylic acids is 1. The van der Waals surface area contributed by atoms with Crippen LogP contribution >= 0.6 is 0 Å². The van der Waals surface area contributed by atoms with Gasteiger partial charge in [0.1, 0.15) is 17.9 Å². The largest absolute Gasteiger partial charge is 0.496 e. The van der Waals surface area contributed by atoms with Crippen molar-refractivity contribution >= 4 is 5.97 Å². The van der Waals surface area contributed by atoms with Crippen LogP contribution in [0.3, 0.4) is 0 Å². The first-order chi connectivity index (χ1) is 8.96. The quantitative estimate of drug-likeness (QED) is 0.675. The Balaban J connectivity index is 3.29. The summed E-state index contributed by atoms with van der Waals surface area (Å²) in [7, 11) is 4.28. The summed E-state index contributed by atoms with van der Waals surface area (Å²) in [6.45, 7) is 0. The van der Waals surface area contributed by atoms with Gasteiger partial charge < -0.3 is 30.2 Å². The summed E-state index contributed by atoms with van der Waals surface area (Å²) < 4.78 is 15.3. The highest BCUT2D eigenvalue weighted by Gasteiger charge is 2.27. The van der Waals surface area contributed by atoms with Crippen molar-refractivity contribution in [2.24, 2.45) is 5.73 Å². The van der Waals surface area contributed by atoms with Gasteiger partial charge in [0.2, 0.25) is 0 Å². The van der Waals surface area contributed by atoms with Crippen molar-refractivity contribution in [3.63, 3.8) is 0 Å². The Morgan fingerprint density at radius 1 is 1.11 bits per heavy atom. The Morgan fingerprint density at radius 3 is 2.00 bits per heavy atom. The van der Waals surface area contributed by atoms with E-state index in [0.717, 1.165) is 0 Å². The van der Waals surface area contributed by atoms with Crippen LogP contribution in [0.5, 0.6) is 17.2 Å². The highest BCUT2D eigenvalue weighted by molar-refractivity contribution is 5.74. The number of methoxy groups -OCH3 is 3. The van der Waals surface area contributed by atoms with Crippen molar-refractivity contribution in [1.29, 1.82) is 0 Å². The third-order valence-corrected chi connectivity index (χ3v) is 2.68. The molecule has 4 N–H and O–H groups in total. The number of carboxylic acid groups (broad SMARTS) is 1. The van der Waals surface area contributed by atoms with E-state index < -0.39 is 18.1 Å². The van der Waals surface area contributed by atoms with Crippen molar-refractivity contribution in [1.82, 2.24) is 0 Å². The molecular weight excluding hydrogens is 254 g/mol. The molecule has 0 fully saturated rings. The minimum Gasteiger partial charge on any atom is -0.496 e. The lowest BCUT2D eigenvalue weighted by molar-refractivity contribution is -0.141. The van der Waals surface area contributed by atoms with Crippen LogP contribution in [0.4, 0.5) is 0 Å². The lowest BCUT2D eigenvalue weighted by atomic mass is 10.0. The SMILES string of the molecule is COc1cc(OC)c(C(O)C(N)C(=O)O)cc1OC. The molecule has 0 aliphatic rings. The van der Waals surface area contributed by atoms with E-state index in [-0.39, 0.29) is 11.3 Å². The standard InChI is InChI=1S/C12H17NO6/c1-17-7-5-9(19-3)8(18-2)4-6(7)11(14)10(13)12(15)16/h4-5,10-11,14H,13H2,1-3H3,(H,15,16). The Bertz CT molecular complexity index is 462. The summed E-state index contributed by atoms with van der Waals surface area (Å²) in [6.07, 6.45) is -1.42. The fourth-order valence-electron chi connectivity index (χ4n) is 1.61. The van der Waals surface area contributed by atoms with Gasteiger partial charge >= 0.3 is 5.97 Å². The van der Waals surface area contributed by atoms with Crippen molar-refractivity contribution in [3.8, 4) is 17.2 Å². The van der Waals surface area contributed by atoms with Crippen LogP contribution in [0.15, 0.2) is 12.1 Å². The predicted octanol–water partition coefficient (Wildman–Crippen LogP) is 0.158. The van der Waals surface area contributed by atoms with Gasteiger partial charge in [0, 0.05) is 11.6 Å². The van der Waals surface area contributed by atoms with E-state index in [9.17, 15) is 9.90 Å². The Morgan fingerprint density at radius 2 is 1.58 bits per heavy atom. The molecule has 0 amide bonds. The molecule has 1 rings (SSSR count). The number of carbonyl (C=O) groups is 1. The Kier molecular flexibility index (Phi) is 4.96. The minimum atomic E-state index is -1.47. The first-order valence-corrected chi connectivity index (χ1v) is 5.42. The molecule has 19 heavy (non-hydrogen) atoms. The van der Waals surface area contributed by atoms with Gasteiger partial charge in [-0.25, -0.2) is 0 Å². The zero-order chi connectivity index (χ0) is 14.6. The average Bonchev–Trinajstić information content (AvgIpc) is 2.43. The van der Waals surface area contributed by atoms with Gasteiger partial charge in [-0.15, -0.1) is 0 Å². The molecule has 7 heteroatoms. The summed E-state index contributed by atoms with van der Waals surface area (Å²) in [4.78, 5) is 10.8. The number of carboxylic acids is 1. The van der Waals surface area contributed by atoms with Gasteiger partial charge in [0.15, 0.2) is 11.5 Å². The third-order valence-electron chi connectivity index (χ3n) is 2.68. The molecule has 1 aromatic rings. The number of hydrogen-bond acceptors (Lipinski definition) is 6. The average molecular weight is 271 g/mol. The molecule has 0 aliphatic heterocycles. The molecule has 0 spiro atoms. The molecule has 0 heterocycles. The molecule has 7 nitrogen and oxygen atoms in total. The molecule has 0 saturated carbocycles. The lowest BCUT2D eigenvalue weighted by Crippen LogP contribution is -2.36.